The summed E-state index contributed by atoms with van der Waals surface area (Å²) in [6.07, 6.45) is 3.38. The van der Waals surface area contributed by atoms with Crippen LogP contribution in [0.25, 0.3) is 11.0 Å². The van der Waals surface area contributed by atoms with Crippen molar-refractivity contribution in [3.8, 4) is 0 Å². The zero-order valence-electron chi connectivity index (χ0n) is 22.4. The van der Waals surface area contributed by atoms with Crippen LogP contribution < -0.4 is 10.2 Å². The Morgan fingerprint density at radius 2 is 2.02 bits per heavy atom. The molecule has 1 atom stereocenters. The van der Waals surface area contributed by atoms with Crippen molar-refractivity contribution in [2.24, 2.45) is 0 Å². The summed E-state index contributed by atoms with van der Waals surface area (Å²) in [4.78, 5) is 46.3. The van der Waals surface area contributed by atoms with E-state index >= 15 is 0 Å². The van der Waals surface area contributed by atoms with Gasteiger partial charge in [-0.15, -0.1) is 0 Å². The van der Waals surface area contributed by atoms with Gasteiger partial charge in [-0.2, -0.15) is 10.1 Å². The Morgan fingerprint density at radius 3 is 2.75 bits per heavy atom. The summed E-state index contributed by atoms with van der Waals surface area (Å²) in [5.74, 6) is 1.40. The van der Waals surface area contributed by atoms with Crippen LogP contribution in [-0.2, 0) is 22.6 Å². The maximum absolute atomic E-state index is 12.8. The first-order valence-electron chi connectivity index (χ1n) is 13.1. The highest BCUT2D eigenvalue weighted by Gasteiger charge is 2.31. The van der Waals surface area contributed by atoms with Crippen LogP contribution in [0, 0.1) is 0 Å². The molecular formula is C27H31N9O4. The second-order valence-corrected chi connectivity index (χ2v) is 9.24. The van der Waals surface area contributed by atoms with Crippen LogP contribution in [-0.4, -0.2) is 85.9 Å². The van der Waals surface area contributed by atoms with Gasteiger partial charge >= 0.3 is 6.09 Å². The average molecular weight is 546 g/mol. The Morgan fingerprint density at radius 1 is 1.18 bits per heavy atom. The number of piperazine rings is 1. The van der Waals surface area contributed by atoms with Crippen molar-refractivity contribution < 1.29 is 19.1 Å². The Bertz CT molecular complexity index is 1450. The molecule has 4 heterocycles. The molecular weight excluding hydrogens is 514 g/mol. The standard InChI is InChI=1S/C27H31N9O4/c1-3-39-14-13-36-24-23(21(16-37)33-36)31-26(32-25(24)30-22-9-10-28-18-29-22)34-11-12-35(19(2)15-34)27(38)40-17-20-7-5-4-6-8-20/h4-10,16,18-19H,3,11-15,17H2,1-2H3,(H,28,29,30,31,32)/t19-/m1/s1. The van der Waals surface area contributed by atoms with Crippen molar-refractivity contribution in [2.75, 3.05) is 43.1 Å². The normalized spacial score (nSPS) is 15.3. The van der Waals surface area contributed by atoms with Gasteiger partial charge in [0.15, 0.2) is 17.8 Å². The lowest BCUT2D eigenvalue weighted by Crippen LogP contribution is -2.54. The molecule has 0 saturated carbocycles. The second kappa shape index (κ2) is 12.5. The van der Waals surface area contributed by atoms with Gasteiger partial charge in [0.25, 0.3) is 0 Å². The molecule has 1 aliphatic rings. The summed E-state index contributed by atoms with van der Waals surface area (Å²) < 4.78 is 12.7. The zero-order valence-corrected chi connectivity index (χ0v) is 22.4. The predicted octanol–water partition coefficient (Wildman–Crippen LogP) is 3.06. The van der Waals surface area contributed by atoms with Gasteiger partial charge in [0.05, 0.1) is 13.2 Å². The molecule has 4 aromatic rings. The van der Waals surface area contributed by atoms with Crippen molar-refractivity contribution in [1.29, 1.82) is 0 Å². The monoisotopic (exact) mass is 545 g/mol. The molecule has 0 aliphatic carbocycles. The van der Waals surface area contributed by atoms with Crippen molar-refractivity contribution in [1.82, 2.24) is 34.6 Å². The summed E-state index contributed by atoms with van der Waals surface area (Å²) in [5.41, 5.74) is 2.13. The third-order valence-corrected chi connectivity index (χ3v) is 6.54. The zero-order chi connectivity index (χ0) is 27.9. The van der Waals surface area contributed by atoms with Crippen LogP contribution in [0.5, 0.6) is 0 Å². The first-order valence-corrected chi connectivity index (χ1v) is 13.1. The van der Waals surface area contributed by atoms with Crippen LogP contribution >= 0.6 is 0 Å². The maximum atomic E-state index is 12.8. The quantitative estimate of drug-likeness (QED) is 0.232. The van der Waals surface area contributed by atoms with Gasteiger partial charge in [-0.05, 0) is 25.5 Å². The molecule has 0 radical (unpaired) electrons. The number of amides is 1. The summed E-state index contributed by atoms with van der Waals surface area (Å²) in [6.45, 7) is 6.88. The van der Waals surface area contributed by atoms with Crippen LogP contribution in [0.15, 0.2) is 48.9 Å². The number of hydrogen-bond acceptors (Lipinski definition) is 11. The molecule has 0 spiro atoms. The van der Waals surface area contributed by atoms with Crippen LogP contribution in [0.3, 0.4) is 0 Å². The van der Waals surface area contributed by atoms with Crippen LogP contribution in [0.1, 0.15) is 29.9 Å². The van der Waals surface area contributed by atoms with Gasteiger partial charge in [0.2, 0.25) is 5.95 Å². The molecule has 0 bridgehead atoms. The number of ether oxygens (including phenoxy) is 2. The van der Waals surface area contributed by atoms with Crippen LogP contribution in [0.4, 0.5) is 22.4 Å². The Balaban J connectivity index is 1.40. The van der Waals surface area contributed by atoms with E-state index in [9.17, 15) is 9.59 Å². The number of nitrogens with zero attached hydrogens (tertiary/aromatic N) is 8. The van der Waals surface area contributed by atoms with Crippen molar-refractivity contribution in [3.05, 3.63) is 60.2 Å². The van der Waals surface area contributed by atoms with E-state index in [1.54, 1.807) is 21.8 Å². The summed E-state index contributed by atoms with van der Waals surface area (Å²) in [6, 6.07) is 11.1. The number of anilines is 3. The molecule has 13 heteroatoms. The number of carbonyl (C=O) groups is 2. The van der Waals surface area contributed by atoms with E-state index in [0.717, 1.165) is 5.56 Å². The number of rotatable bonds is 10. The first kappa shape index (κ1) is 26.9. The lowest BCUT2D eigenvalue weighted by Gasteiger charge is -2.39. The van der Waals surface area contributed by atoms with E-state index in [-0.39, 0.29) is 24.4 Å². The highest BCUT2D eigenvalue weighted by atomic mass is 16.6. The lowest BCUT2D eigenvalue weighted by molar-refractivity contribution is 0.0793. The fourth-order valence-electron chi connectivity index (χ4n) is 4.56. The Kier molecular flexibility index (Phi) is 8.40. The largest absolute Gasteiger partial charge is 0.445 e. The molecule has 1 amide bonds. The first-order chi connectivity index (χ1) is 19.6. The van der Waals surface area contributed by atoms with E-state index in [0.29, 0.717) is 74.3 Å². The van der Waals surface area contributed by atoms with Gasteiger partial charge in [-0.25, -0.2) is 19.7 Å². The molecule has 1 aliphatic heterocycles. The minimum absolute atomic E-state index is 0.158. The van der Waals surface area contributed by atoms with E-state index in [1.807, 2.05) is 49.1 Å². The fourth-order valence-corrected chi connectivity index (χ4v) is 4.56. The summed E-state index contributed by atoms with van der Waals surface area (Å²) in [7, 11) is 0. The van der Waals surface area contributed by atoms with E-state index in [2.05, 4.69) is 20.4 Å². The molecule has 1 fully saturated rings. The second-order valence-electron chi connectivity index (χ2n) is 9.24. The molecule has 3 aromatic heterocycles. The average Bonchev–Trinajstić information content (AvgIpc) is 3.35. The number of carbonyl (C=O) groups excluding carboxylic acids is 2. The third-order valence-electron chi connectivity index (χ3n) is 6.54. The highest BCUT2D eigenvalue weighted by Crippen LogP contribution is 2.29. The smallest absolute Gasteiger partial charge is 0.410 e. The fraction of sp³-hybridized carbons (Fsp3) is 0.370. The number of aldehydes is 1. The molecule has 1 saturated heterocycles. The van der Waals surface area contributed by atoms with Gasteiger partial charge in [-0.1, -0.05) is 30.3 Å². The van der Waals surface area contributed by atoms with Gasteiger partial charge in [-0.3, -0.25) is 9.48 Å². The highest BCUT2D eigenvalue weighted by molar-refractivity contribution is 5.98. The molecule has 0 unspecified atom stereocenters. The number of fused-ring (bicyclic) bond motifs is 1. The molecule has 208 valence electrons. The van der Waals surface area contributed by atoms with E-state index < -0.39 is 0 Å². The van der Waals surface area contributed by atoms with Crippen molar-refractivity contribution >= 4 is 41.0 Å². The van der Waals surface area contributed by atoms with Crippen LogP contribution in [0.2, 0.25) is 0 Å². The minimum Gasteiger partial charge on any atom is -0.445 e. The molecule has 1 aromatic carbocycles. The molecule has 5 rings (SSSR count). The minimum atomic E-state index is -0.364. The van der Waals surface area contributed by atoms with Gasteiger partial charge < -0.3 is 24.6 Å². The Labute approximate surface area is 231 Å². The van der Waals surface area contributed by atoms with E-state index in [4.69, 9.17) is 19.4 Å². The molecule has 40 heavy (non-hydrogen) atoms. The number of benzene rings is 1. The summed E-state index contributed by atoms with van der Waals surface area (Å²) >= 11 is 0. The SMILES string of the molecule is CCOCCn1nc(C=O)c2nc(N3CCN(C(=O)OCc4ccccc4)[C@H](C)C3)nc(Nc3ccncn3)c21. The molecule has 13 nitrogen and oxygen atoms in total. The predicted molar refractivity (Wildman–Crippen MR) is 148 cm³/mol. The lowest BCUT2D eigenvalue weighted by atomic mass is 10.2. The topological polar surface area (TPSA) is 140 Å². The number of aromatic nitrogens is 6. The van der Waals surface area contributed by atoms with Crippen molar-refractivity contribution in [3.63, 3.8) is 0 Å². The number of nitrogens with one attached hydrogen (secondary N) is 1. The maximum Gasteiger partial charge on any atom is 0.410 e. The summed E-state index contributed by atoms with van der Waals surface area (Å²) in [5, 5.41) is 7.70. The third kappa shape index (κ3) is 5.99. The number of hydrogen-bond donors (Lipinski definition) is 1. The van der Waals surface area contributed by atoms with Gasteiger partial charge in [0, 0.05) is 38.5 Å². The van der Waals surface area contributed by atoms with Crippen molar-refractivity contribution in [2.45, 2.75) is 33.0 Å². The van der Waals surface area contributed by atoms with E-state index in [1.165, 1.54) is 6.33 Å². The Hall–Kier alpha value is -4.65. The molecule has 1 N–H and O–H groups in total. The van der Waals surface area contributed by atoms with Gasteiger partial charge in [0.1, 0.15) is 29.8 Å².